The highest BCUT2D eigenvalue weighted by Gasteiger charge is 2.09. The monoisotopic (exact) mass is 323 g/mol. The van der Waals surface area contributed by atoms with Gasteiger partial charge in [0.15, 0.2) is 0 Å². The van der Waals surface area contributed by atoms with E-state index < -0.39 is 0 Å². The number of alkyl halides is 1. The lowest BCUT2D eigenvalue weighted by Crippen LogP contribution is -2.11. The first-order valence-corrected chi connectivity index (χ1v) is 7.26. The first-order valence-electron chi connectivity index (χ1n) is 5.76. The summed E-state index contributed by atoms with van der Waals surface area (Å²) in [5.74, 6) is 0. The Bertz CT molecular complexity index is 537. The number of aryl methyl sites for hydroxylation is 1. The van der Waals surface area contributed by atoms with Gasteiger partial charge in [-0.1, -0.05) is 51.3 Å². The number of halogens is 2. The maximum atomic E-state index is 6.09. The maximum absolute atomic E-state index is 6.09. The van der Waals surface area contributed by atoms with Crippen LogP contribution in [0.25, 0.3) is 0 Å². The van der Waals surface area contributed by atoms with Crippen molar-refractivity contribution >= 4 is 38.9 Å². The molecule has 0 heterocycles. The summed E-state index contributed by atoms with van der Waals surface area (Å²) in [5.41, 5.74) is 4.77. The highest BCUT2D eigenvalue weighted by Crippen LogP contribution is 2.31. The molecule has 0 N–H and O–H groups in total. The standard InChI is InChI=1S/C15H15BrClN/c1-11-3-7-14(8-4-11)18(2)15-9-13(17)6-5-12(15)10-16/h3-9H,10H2,1-2H3. The van der Waals surface area contributed by atoms with E-state index in [1.54, 1.807) is 0 Å². The molecule has 0 aliphatic heterocycles. The van der Waals surface area contributed by atoms with Crippen LogP contribution in [0, 0.1) is 6.92 Å². The van der Waals surface area contributed by atoms with E-state index in [2.05, 4.69) is 65.1 Å². The van der Waals surface area contributed by atoms with Crippen LogP contribution in [0.4, 0.5) is 11.4 Å². The van der Waals surface area contributed by atoms with Gasteiger partial charge in [0.2, 0.25) is 0 Å². The fraction of sp³-hybridized carbons (Fsp3) is 0.200. The lowest BCUT2D eigenvalue weighted by Gasteiger charge is -2.22. The molecule has 0 aliphatic carbocycles. The molecule has 0 spiro atoms. The molecule has 3 heteroatoms. The fourth-order valence-electron chi connectivity index (χ4n) is 1.87. The van der Waals surface area contributed by atoms with Crippen LogP contribution >= 0.6 is 27.5 Å². The molecule has 2 aromatic carbocycles. The molecule has 0 unspecified atom stereocenters. The van der Waals surface area contributed by atoms with Crippen LogP contribution < -0.4 is 4.90 Å². The highest BCUT2D eigenvalue weighted by atomic mass is 79.9. The Labute approximate surface area is 122 Å². The van der Waals surface area contributed by atoms with E-state index >= 15 is 0 Å². The Kier molecular flexibility index (Phi) is 4.31. The van der Waals surface area contributed by atoms with Crippen LogP contribution in [0.5, 0.6) is 0 Å². The van der Waals surface area contributed by atoms with Gasteiger partial charge in [-0.25, -0.2) is 0 Å². The van der Waals surface area contributed by atoms with Gasteiger partial charge in [0.05, 0.1) is 0 Å². The Morgan fingerprint density at radius 3 is 2.39 bits per heavy atom. The van der Waals surface area contributed by atoms with Crippen LogP contribution in [0.3, 0.4) is 0 Å². The molecule has 0 fully saturated rings. The van der Waals surface area contributed by atoms with Gasteiger partial charge in [-0.15, -0.1) is 0 Å². The van der Waals surface area contributed by atoms with Gasteiger partial charge in [0, 0.05) is 28.8 Å². The Balaban J connectivity index is 2.41. The zero-order chi connectivity index (χ0) is 13.1. The normalized spacial score (nSPS) is 10.4. The van der Waals surface area contributed by atoms with E-state index in [9.17, 15) is 0 Å². The number of rotatable bonds is 3. The second-order valence-electron chi connectivity index (χ2n) is 4.30. The van der Waals surface area contributed by atoms with Gasteiger partial charge in [0.1, 0.15) is 0 Å². The molecule has 0 radical (unpaired) electrons. The zero-order valence-corrected chi connectivity index (χ0v) is 12.8. The lowest BCUT2D eigenvalue weighted by atomic mass is 10.1. The third kappa shape index (κ3) is 2.88. The number of nitrogens with zero attached hydrogens (tertiary/aromatic N) is 1. The van der Waals surface area contributed by atoms with Gasteiger partial charge in [-0.05, 0) is 36.8 Å². The summed E-state index contributed by atoms with van der Waals surface area (Å²) in [6, 6.07) is 14.4. The summed E-state index contributed by atoms with van der Waals surface area (Å²) < 4.78 is 0. The molecule has 18 heavy (non-hydrogen) atoms. The molecule has 0 bridgehead atoms. The molecule has 2 rings (SSSR count). The molecule has 0 saturated carbocycles. The number of anilines is 2. The number of hydrogen-bond acceptors (Lipinski definition) is 1. The summed E-state index contributed by atoms with van der Waals surface area (Å²) >= 11 is 9.60. The summed E-state index contributed by atoms with van der Waals surface area (Å²) in [7, 11) is 2.06. The molecular formula is C15H15BrClN. The van der Waals surface area contributed by atoms with Gasteiger partial charge >= 0.3 is 0 Å². The van der Waals surface area contributed by atoms with E-state index in [4.69, 9.17) is 11.6 Å². The molecule has 0 amide bonds. The van der Waals surface area contributed by atoms with Crippen molar-refractivity contribution in [2.75, 3.05) is 11.9 Å². The minimum absolute atomic E-state index is 0.758. The average molecular weight is 325 g/mol. The second-order valence-corrected chi connectivity index (χ2v) is 5.30. The van der Waals surface area contributed by atoms with Crippen molar-refractivity contribution in [2.45, 2.75) is 12.3 Å². The molecule has 0 atom stereocenters. The van der Waals surface area contributed by atoms with Crippen molar-refractivity contribution in [1.29, 1.82) is 0 Å². The highest BCUT2D eigenvalue weighted by molar-refractivity contribution is 9.08. The molecule has 0 aromatic heterocycles. The topological polar surface area (TPSA) is 3.24 Å². The van der Waals surface area contributed by atoms with Crippen LogP contribution in [-0.4, -0.2) is 7.05 Å². The summed E-state index contributed by atoms with van der Waals surface area (Å²) in [6.45, 7) is 2.09. The van der Waals surface area contributed by atoms with Crippen molar-refractivity contribution in [3.63, 3.8) is 0 Å². The third-order valence-electron chi connectivity index (χ3n) is 2.97. The van der Waals surface area contributed by atoms with Crippen molar-refractivity contribution in [3.05, 3.63) is 58.6 Å². The minimum atomic E-state index is 0.758. The molecule has 2 aromatic rings. The second kappa shape index (κ2) is 5.77. The predicted molar refractivity (Wildman–Crippen MR) is 83.3 cm³/mol. The summed E-state index contributed by atoms with van der Waals surface area (Å²) in [5, 5.41) is 1.57. The third-order valence-corrected chi connectivity index (χ3v) is 3.81. The smallest absolute Gasteiger partial charge is 0.0464 e. The Morgan fingerprint density at radius 2 is 1.78 bits per heavy atom. The van der Waals surface area contributed by atoms with E-state index in [0.29, 0.717) is 0 Å². The van der Waals surface area contributed by atoms with Crippen molar-refractivity contribution < 1.29 is 0 Å². The lowest BCUT2D eigenvalue weighted by molar-refractivity contribution is 1.18. The van der Waals surface area contributed by atoms with Crippen LogP contribution in [0.15, 0.2) is 42.5 Å². The van der Waals surface area contributed by atoms with Gasteiger partial charge < -0.3 is 4.90 Å². The number of hydrogen-bond donors (Lipinski definition) is 0. The SMILES string of the molecule is Cc1ccc(N(C)c2cc(Cl)ccc2CBr)cc1. The first kappa shape index (κ1) is 13.4. The summed E-state index contributed by atoms with van der Waals surface area (Å²) in [4.78, 5) is 2.15. The zero-order valence-electron chi connectivity index (χ0n) is 10.5. The van der Waals surface area contributed by atoms with E-state index in [0.717, 1.165) is 21.7 Å². The van der Waals surface area contributed by atoms with Crippen molar-refractivity contribution in [2.24, 2.45) is 0 Å². The maximum Gasteiger partial charge on any atom is 0.0464 e. The Morgan fingerprint density at radius 1 is 1.11 bits per heavy atom. The van der Waals surface area contributed by atoms with Crippen LogP contribution in [0.1, 0.15) is 11.1 Å². The summed E-state index contributed by atoms with van der Waals surface area (Å²) in [6.07, 6.45) is 0. The van der Waals surface area contributed by atoms with Crippen LogP contribution in [-0.2, 0) is 5.33 Å². The average Bonchev–Trinajstić information content (AvgIpc) is 2.39. The molecule has 0 aliphatic rings. The fourth-order valence-corrected chi connectivity index (χ4v) is 2.51. The van der Waals surface area contributed by atoms with Gasteiger partial charge in [-0.2, -0.15) is 0 Å². The molecule has 0 saturated heterocycles. The van der Waals surface area contributed by atoms with E-state index in [1.807, 2.05) is 12.1 Å². The van der Waals surface area contributed by atoms with Crippen LogP contribution in [0.2, 0.25) is 5.02 Å². The van der Waals surface area contributed by atoms with E-state index in [1.165, 1.54) is 11.1 Å². The van der Waals surface area contributed by atoms with E-state index in [-0.39, 0.29) is 0 Å². The molecule has 94 valence electrons. The predicted octanol–water partition coefficient (Wildman–Crippen LogP) is 5.31. The minimum Gasteiger partial charge on any atom is -0.344 e. The molecular weight excluding hydrogens is 310 g/mol. The van der Waals surface area contributed by atoms with Crippen molar-refractivity contribution in [3.8, 4) is 0 Å². The Hall–Kier alpha value is -0.990. The quantitative estimate of drug-likeness (QED) is 0.691. The van der Waals surface area contributed by atoms with Gasteiger partial charge in [0.25, 0.3) is 0 Å². The largest absolute Gasteiger partial charge is 0.344 e. The molecule has 1 nitrogen and oxygen atoms in total. The van der Waals surface area contributed by atoms with Crippen molar-refractivity contribution in [1.82, 2.24) is 0 Å². The van der Waals surface area contributed by atoms with Gasteiger partial charge in [-0.3, -0.25) is 0 Å². The number of benzene rings is 2. The first-order chi connectivity index (χ1) is 8.61.